The van der Waals surface area contributed by atoms with Crippen molar-refractivity contribution < 1.29 is 65.4 Å². The molecule has 5 heavy (non-hydrogen) atoms. The van der Waals surface area contributed by atoms with Gasteiger partial charge in [-0.05, 0) is 0 Å². The minimum atomic E-state index is 0. The molecule has 0 aliphatic rings. The van der Waals surface area contributed by atoms with Crippen LogP contribution in [0.5, 0.6) is 0 Å². The normalized spacial score (nSPS) is 3.60. The van der Waals surface area contributed by atoms with Gasteiger partial charge in [-0.25, -0.2) is 0 Å². The zero-order chi connectivity index (χ0) is 2.71. The second-order valence-corrected chi connectivity index (χ2v) is 1.50. The quantitative estimate of drug-likeness (QED) is 0.545. The van der Waals surface area contributed by atoms with Gasteiger partial charge >= 0.3 is 0 Å². The second-order valence-electron chi connectivity index (χ2n) is 0.500. The Balaban J connectivity index is -0.0000000200. The van der Waals surface area contributed by atoms with Gasteiger partial charge in [-0.3, -0.25) is 0 Å². The van der Waals surface area contributed by atoms with Crippen molar-refractivity contribution in [1.82, 2.24) is 0 Å². The maximum atomic E-state index is 2.15. The van der Waals surface area contributed by atoms with Gasteiger partial charge in [0.15, 0.2) is 0 Å². The first-order valence-corrected chi connectivity index (χ1v) is 3.00. The molecule has 0 atom stereocenters. The second kappa shape index (κ2) is 16.1. The Hall–Kier alpha value is 2.42. The van der Waals surface area contributed by atoms with Gasteiger partial charge in [0.25, 0.3) is 0 Å². The Labute approximate surface area is 86.4 Å². The molecule has 4 radical (unpaired) electrons. The molecule has 0 spiro atoms. The molecule has 0 aromatic heterocycles. The van der Waals surface area contributed by atoms with E-state index in [1.807, 2.05) is 0 Å². The van der Waals surface area contributed by atoms with E-state index in [0.717, 1.165) is 9.52 Å². The van der Waals surface area contributed by atoms with E-state index in [9.17, 15) is 0 Å². The number of rotatable bonds is 0. The van der Waals surface area contributed by atoms with E-state index in [0.29, 0.717) is 0 Å². The summed E-state index contributed by atoms with van der Waals surface area (Å²) in [5, 5.41) is 0. The molecule has 0 saturated heterocycles. The third kappa shape index (κ3) is 21.4. The van der Waals surface area contributed by atoms with Crippen LogP contribution < -0.4 is 0 Å². The average Bonchev–Trinajstić information content (AvgIpc) is 0.918. The van der Waals surface area contributed by atoms with Gasteiger partial charge in [0.1, 0.15) is 0 Å². The van der Waals surface area contributed by atoms with Crippen molar-refractivity contribution in [2.75, 3.05) is 0 Å². The van der Waals surface area contributed by atoms with E-state index < -0.39 is 0 Å². The molecule has 0 rings (SSSR count). The van der Waals surface area contributed by atoms with E-state index in [1.54, 1.807) is 0 Å². The average molecular weight is 236 g/mol. The van der Waals surface area contributed by atoms with Crippen molar-refractivity contribution in [3.8, 4) is 0 Å². The van der Waals surface area contributed by atoms with Gasteiger partial charge in [0.2, 0.25) is 0 Å². The van der Waals surface area contributed by atoms with Crippen LogP contribution in [0.4, 0.5) is 0 Å². The first kappa shape index (κ1) is 15.7. The maximum Gasteiger partial charge on any atom is 0.0307 e. The Morgan fingerprint density at radius 2 is 1.00 bits per heavy atom. The predicted octanol–water partition coefficient (Wildman–Crippen LogP) is 0.782. The zero-order valence-corrected chi connectivity index (χ0v) is 10.3. The molecule has 3 heteroatoms. The summed E-state index contributed by atoms with van der Waals surface area (Å²) in [5.41, 5.74) is 0. The van der Waals surface area contributed by atoms with Crippen molar-refractivity contribution in [2.24, 2.45) is 0 Å². The van der Waals surface area contributed by atoms with Crippen molar-refractivity contribution in [2.45, 2.75) is 13.1 Å². The molecule has 0 aromatic carbocycles. The summed E-state index contributed by atoms with van der Waals surface area (Å²) in [6, 6.07) is 0. The van der Waals surface area contributed by atoms with Crippen LogP contribution in [0.25, 0.3) is 0 Å². The molecule has 0 fully saturated rings. The van der Waals surface area contributed by atoms with Crippen LogP contribution in [-0.4, -0.2) is 9.52 Å². The number of hydrogen-bond donors (Lipinski definition) is 0. The Kier molecular flexibility index (Phi) is 50.5. The van der Waals surface area contributed by atoms with Crippen LogP contribution in [0, 0.1) is 0 Å². The minimum absolute atomic E-state index is 0. The van der Waals surface area contributed by atoms with E-state index in [1.165, 1.54) is 0 Å². The summed E-state index contributed by atoms with van der Waals surface area (Å²) < 4.78 is 0. The van der Waals surface area contributed by atoms with Gasteiger partial charge in [-0.2, -0.15) is 0 Å². The van der Waals surface area contributed by atoms with Crippen LogP contribution in [0.1, 0.15) is 0 Å². The monoisotopic (exact) mass is 236 g/mol. The molecule has 0 aromatic rings. The fourth-order valence-corrected chi connectivity index (χ4v) is 0. The van der Waals surface area contributed by atoms with Crippen LogP contribution in [0.3, 0.4) is 0 Å². The van der Waals surface area contributed by atoms with Gasteiger partial charge in [-0.15, -0.1) is 0 Å². The first-order valence-electron chi connectivity index (χ1n) is 1.00. The van der Waals surface area contributed by atoms with Crippen LogP contribution >= 0.6 is 0 Å². The summed E-state index contributed by atoms with van der Waals surface area (Å²) in [4.78, 5) is 0. The molecule has 0 saturated carbocycles. The van der Waals surface area contributed by atoms with Crippen LogP contribution in [0.2, 0.25) is 13.1 Å². The summed E-state index contributed by atoms with van der Waals surface area (Å²) in [7, 11) is 1.08. The summed E-state index contributed by atoms with van der Waals surface area (Å²) in [6.45, 7) is 4.31. The summed E-state index contributed by atoms with van der Waals surface area (Å²) in [5.74, 6) is 0. The maximum absolute atomic E-state index is 2.15. The van der Waals surface area contributed by atoms with Crippen molar-refractivity contribution >= 4 is 9.52 Å². The molecular weight excluding hydrogens is 230 g/mol. The van der Waals surface area contributed by atoms with Gasteiger partial charge in [0.05, 0.1) is 0 Å². The molecule has 0 nitrogen and oxygen atoms in total. The molecule has 0 amide bonds. The number of hydrogen-bond acceptors (Lipinski definition) is 0. The molecule has 0 aliphatic heterocycles. The van der Waals surface area contributed by atoms with Crippen LogP contribution in [-0.2, 0) is 65.4 Å². The molecule has 0 N–H and O–H groups in total. The fraction of sp³-hybridized carbons (Fsp3) is 1.00. The van der Waals surface area contributed by atoms with Gasteiger partial charge < -0.3 is 0 Å². The van der Waals surface area contributed by atoms with E-state index in [-0.39, 0.29) is 65.4 Å². The van der Waals surface area contributed by atoms with E-state index in [4.69, 9.17) is 0 Å². The predicted molar refractivity (Wildman–Crippen MR) is 17.5 cm³/mol. The summed E-state index contributed by atoms with van der Waals surface area (Å²) >= 11 is 0. The SMILES string of the molecule is C[Si]C.[Y].[Y]. The van der Waals surface area contributed by atoms with Gasteiger partial charge in [0, 0.05) is 74.9 Å². The Morgan fingerprint density at radius 3 is 1.00 bits per heavy atom. The molecule has 0 aliphatic carbocycles. The smallest absolute Gasteiger partial charge is 0.0307 e. The first-order chi connectivity index (χ1) is 1.41. The summed E-state index contributed by atoms with van der Waals surface area (Å²) in [6.07, 6.45) is 0. The molecular formula is C2H6SiY2. The molecule has 24 valence electrons. The van der Waals surface area contributed by atoms with Crippen molar-refractivity contribution in [3.05, 3.63) is 0 Å². The third-order valence-corrected chi connectivity index (χ3v) is 0. The molecule has 0 heterocycles. The Morgan fingerprint density at radius 1 is 1.00 bits per heavy atom. The van der Waals surface area contributed by atoms with Crippen molar-refractivity contribution in [1.29, 1.82) is 0 Å². The van der Waals surface area contributed by atoms with Gasteiger partial charge in [-0.1, -0.05) is 13.1 Å². The molecule has 0 bridgehead atoms. The standard InChI is InChI=1S/C2H6Si.2Y/c1-3-2;;/h1-2H3;;. The topological polar surface area (TPSA) is 0 Å². The zero-order valence-electron chi connectivity index (χ0n) is 3.65. The fourth-order valence-electron chi connectivity index (χ4n) is 0. The van der Waals surface area contributed by atoms with Crippen LogP contribution in [0.15, 0.2) is 0 Å². The van der Waals surface area contributed by atoms with E-state index in [2.05, 4.69) is 13.1 Å². The third-order valence-electron chi connectivity index (χ3n) is 0. The van der Waals surface area contributed by atoms with E-state index >= 15 is 0 Å². The van der Waals surface area contributed by atoms with Crippen molar-refractivity contribution in [3.63, 3.8) is 0 Å². The largest absolute Gasteiger partial charge is 0.0735 e. The minimum Gasteiger partial charge on any atom is -0.0735 e. The Bertz CT molecular complexity index is 7.61. The molecule has 0 unspecified atom stereocenters.